The molecule has 61 heavy (non-hydrogen) atoms. The zero-order valence-electron chi connectivity index (χ0n) is 36.0. The highest BCUT2D eigenvalue weighted by atomic mass is 16.5. The second kappa shape index (κ2) is 14.9. The molecular weight excluding hydrogens is 773 g/mol. The summed E-state index contributed by atoms with van der Waals surface area (Å²) < 4.78 is 13.7. The summed E-state index contributed by atoms with van der Waals surface area (Å²) in [6, 6.07) is 11.8. The Bertz CT molecular complexity index is 2480. The average Bonchev–Trinajstić information content (AvgIpc) is 3.53. The van der Waals surface area contributed by atoms with Gasteiger partial charge in [0.05, 0.1) is 25.2 Å². The quantitative estimate of drug-likeness (QED) is 0.228. The normalized spacial score (nSPS) is 22.0. The summed E-state index contributed by atoms with van der Waals surface area (Å²) in [5.41, 5.74) is 5.85. The number of hydrogen-bond donors (Lipinski definition) is 1. The van der Waals surface area contributed by atoms with E-state index in [-0.39, 0.29) is 40.7 Å². The molecular formula is C47H56N8O6. The Balaban J connectivity index is 0.762. The molecule has 1 unspecified atom stereocenters. The fourth-order valence-electron chi connectivity index (χ4n) is 10.8. The van der Waals surface area contributed by atoms with Gasteiger partial charge in [-0.1, -0.05) is 6.07 Å². The van der Waals surface area contributed by atoms with Gasteiger partial charge in [-0.3, -0.25) is 34.3 Å². The Kier molecular flexibility index (Phi) is 9.66. The maximum absolute atomic E-state index is 13.4. The molecule has 1 N–H and O–H groups in total. The van der Waals surface area contributed by atoms with E-state index in [0.29, 0.717) is 29.8 Å². The molecule has 6 aliphatic rings. The van der Waals surface area contributed by atoms with E-state index in [0.717, 1.165) is 129 Å². The molecule has 1 spiro atoms. The zero-order chi connectivity index (χ0) is 42.4. The number of likely N-dealkylation sites (tertiary alicyclic amines) is 2. The van der Waals surface area contributed by atoms with Gasteiger partial charge in [-0.25, -0.2) is 4.98 Å². The van der Waals surface area contributed by atoms with Crippen LogP contribution in [0.15, 0.2) is 53.6 Å². The van der Waals surface area contributed by atoms with E-state index in [4.69, 9.17) is 9.47 Å². The number of rotatable bonds is 10. The molecule has 8 heterocycles. The Hall–Kier alpha value is -5.47. The van der Waals surface area contributed by atoms with Gasteiger partial charge in [0.2, 0.25) is 11.8 Å². The molecule has 5 fully saturated rings. The van der Waals surface area contributed by atoms with E-state index < -0.39 is 6.04 Å². The molecule has 0 radical (unpaired) electrons. The largest absolute Gasteiger partial charge is 0.496 e. The number of ether oxygens (including phenoxy) is 2. The molecule has 0 saturated carbocycles. The maximum atomic E-state index is 13.4. The average molecular weight is 829 g/mol. The number of benzene rings is 2. The van der Waals surface area contributed by atoms with Gasteiger partial charge >= 0.3 is 0 Å². The van der Waals surface area contributed by atoms with Crippen LogP contribution in [0.5, 0.6) is 11.5 Å². The van der Waals surface area contributed by atoms with Crippen molar-refractivity contribution in [3.8, 4) is 22.6 Å². The smallest absolute Gasteiger partial charge is 0.259 e. The van der Waals surface area contributed by atoms with Crippen LogP contribution >= 0.6 is 0 Å². The van der Waals surface area contributed by atoms with Crippen LogP contribution in [0.4, 0.5) is 11.5 Å². The number of piperidine rings is 2. The van der Waals surface area contributed by atoms with E-state index in [2.05, 4.69) is 61.9 Å². The molecule has 3 amide bonds. The monoisotopic (exact) mass is 828 g/mol. The standard InChI is InChI=1S/C47H56N8O6/c1-46(2,54-15-11-47(12-16-54)27-53(28-47)32-8-7-29-22-55(45(59)33(29)19-32)38-9-10-42(56)49-43(38)57)31-23-51(24-31)26-37-39(60-4)17-30(18-40(37)61-5)36-25-50(3)44(58)35-21-48-41(20-34(35)36)52-13-6-14-52/h7-8,17-21,25,31,38H,6,9-16,22-24,26-28H2,1-5H3,(H,49,56,57). The molecule has 10 rings (SSSR count). The molecule has 14 heteroatoms. The molecule has 2 aromatic carbocycles. The summed E-state index contributed by atoms with van der Waals surface area (Å²) >= 11 is 0. The van der Waals surface area contributed by atoms with Crippen LogP contribution in [0, 0.1) is 11.3 Å². The van der Waals surface area contributed by atoms with Crippen LogP contribution in [0.3, 0.4) is 0 Å². The van der Waals surface area contributed by atoms with Crippen LogP contribution in [0.1, 0.15) is 67.4 Å². The zero-order valence-corrected chi connectivity index (χ0v) is 36.0. The van der Waals surface area contributed by atoms with Crippen molar-refractivity contribution >= 4 is 40.0 Å². The van der Waals surface area contributed by atoms with Crippen LogP contribution in [0.25, 0.3) is 21.9 Å². The lowest BCUT2D eigenvalue weighted by Crippen LogP contribution is -2.66. The third-order valence-corrected chi connectivity index (χ3v) is 15.1. The van der Waals surface area contributed by atoms with Gasteiger partial charge in [0.1, 0.15) is 23.4 Å². The van der Waals surface area contributed by atoms with Crippen LogP contribution < -0.4 is 30.1 Å². The summed E-state index contributed by atoms with van der Waals surface area (Å²) in [7, 11) is 5.21. The number of hydrogen-bond acceptors (Lipinski definition) is 11. The highest BCUT2D eigenvalue weighted by molar-refractivity contribution is 6.05. The second-order valence-electron chi connectivity index (χ2n) is 18.9. The van der Waals surface area contributed by atoms with Crippen LogP contribution in [-0.4, -0.2) is 120 Å². The van der Waals surface area contributed by atoms with Crippen molar-refractivity contribution in [3.63, 3.8) is 0 Å². The number of pyridine rings is 2. The lowest BCUT2D eigenvalue weighted by Gasteiger charge is -2.59. The molecule has 0 aliphatic carbocycles. The van der Waals surface area contributed by atoms with Gasteiger partial charge in [-0.05, 0) is 94.1 Å². The Morgan fingerprint density at radius 1 is 0.885 bits per heavy atom. The van der Waals surface area contributed by atoms with Gasteiger partial charge < -0.3 is 28.7 Å². The van der Waals surface area contributed by atoms with Gasteiger partial charge in [-0.2, -0.15) is 0 Å². The highest BCUT2D eigenvalue weighted by Crippen LogP contribution is 2.47. The first-order valence-electron chi connectivity index (χ1n) is 21.8. The minimum absolute atomic E-state index is 0.0579. The van der Waals surface area contributed by atoms with Gasteiger partial charge in [0.15, 0.2) is 0 Å². The van der Waals surface area contributed by atoms with Crippen molar-refractivity contribution in [1.29, 1.82) is 0 Å². The van der Waals surface area contributed by atoms with E-state index in [1.165, 1.54) is 0 Å². The Morgan fingerprint density at radius 2 is 1.61 bits per heavy atom. The van der Waals surface area contributed by atoms with E-state index in [9.17, 15) is 19.2 Å². The molecule has 0 bridgehead atoms. The third-order valence-electron chi connectivity index (χ3n) is 15.1. The minimum Gasteiger partial charge on any atom is -0.496 e. The van der Waals surface area contributed by atoms with Crippen LogP contribution in [0.2, 0.25) is 0 Å². The topological polar surface area (TPSA) is 133 Å². The summed E-state index contributed by atoms with van der Waals surface area (Å²) in [4.78, 5) is 66.9. The van der Waals surface area contributed by atoms with Crippen molar-refractivity contribution < 1.29 is 23.9 Å². The first-order valence-corrected chi connectivity index (χ1v) is 21.8. The number of carbonyl (C=O) groups excluding carboxylic acids is 3. The first-order chi connectivity index (χ1) is 29.3. The molecule has 1 atom stereocenters. The SMILES string of the molecule is COc1cc(-c2cn(C)c(=O)c3cnc(N4CCC4)cc23)cc(OC)c1CN1CC(C(C)(C)N2CCC3(CC2)CN(c2ccc4c(c2)C(=O)N(C2CCC(=O)NC2=O)C4)C3)C1. The number of nitrogens with zero attached hydrogens (tertiary/aromatic N) is 7. The van der Waals surface area contributed by atoms with Crippen molar-refractivity contribution in [2.45, 2.75) is 70.6 Å². The number of anilines is 2. The Labute approximate surface area is 356 Å². The number of amides is 3. The van der Waals surface area contributed by atoms with Crippen molar-refractivity contribution in [2.24, 2.45) is 18.4 Å². The predicted molar refractivity (Wildman–Crippen MR) is 233 cm³/mol. The molecule has 6 aliphatic heterocycles. The van der Waals surface area contributed by atoms with Crippen molar-refractivity contribution in [1.82, 2.24) is 29.6 Å². The van der Waals surface area contributed by atoms with E-state index >= 15 is 0 Å². The molecule has 14 nitrogen and oxygen atoms in total. The maximum Gasteiger partial charge on any atom is 0.259 e. The van der Waals surface area contributed by atoms with E-state index in [1.54, 1.807) is 36.9 Å². The van der Waals surface area contributed by atoms with Gasteiger partial charge in [-0.15, -0.1) is 0 Å². The Morgan fingerprint density at radius 3 is 2.26 bits per heavy atom. The predicted octanol–water partition coefficient (Wildman–Crippen LogP) is 4.40. The number of methoxy groups -OCH3 is 2. The van der Waals surface area contributed by atoms with Gasteiger partial charge in [0, 0.05) is 117 Å². The summed E-state index contributed by atoms with van der Waals surface area (Å²) in [6.45, 7) is 14.0. The molecule has 320 valence electrons. The highest BCUT2D eigenvalue weighted by Gasteiger charge is 2.50. The van der Waals surface area contributed by atoms with Gasteiger partial charge in [0.25, 0.3) is 11.5 Å². The molecule has 2 aromatic heterocycles. The third kappa shape index (κ3) is 6.73. The number of fused-ring (bicyclic) bond motifs is 2. The summed E-state index contributed by atoms with van der Waals surface area (Å²) in [5.74, 6) is 2.20. The number of nitrogens with one attached hydrogen (secondary N) is 1. The summed E-state index contributed by atoms with van der Waals surface area (Å²) in [5, 5.41) is 3.86. The van der Waals surface area contributed by atoms with Crippen molar-refractivity contribution in [2.75, 3.05) is 76.4 Å². The first kappa shape index (κ1) is 39.7. The number of aromatic nitrogens is 2. The number of aryl methyl sites for hydroxylation is 1. The lowest BCUT2D eigenvalue weighted by atomic mass is 9.70. The molecule has 5 saturated heterocycles. The fourth-order valence-corrected chi connectivity index (χ4v) is 10.8. The number of imide groups is 1. The second-order valence-corrected chi connectivity index (χ2v) is 18.9. The van der Waals surface area contributed by atoms with Crippen molar-refractivity contribution in [3.05, 3.63) is 75.8 Å². The minimum atomic E-state index is -0.598. The fraction of sp³-hybridized carbons (Fsp3) is 0.511. The lowest BCUT2D eigenvalue weighted by molar-refractivity contribution is -0.136. The molecule has 4 aromatic rings. The number of carbonyl (C=O) groups is 3. The van der Waals surface area contributed by atoms with Crippen LogP contribution in [-0.2, 0) is 29.7 Å². The summed E-state index contributed by atoms with van der Waals surface area (Å²) in [6.07, 6.45) is 7.70. The van der Waals surface area contributed by atoms with E-state index in [1.807, 2.05) is 24.4 Å².